The van der Waals surface area contributed by atoms with Crippen molar-refractivity contribution in [2.75, 3.05) is 0 Å². The Morgan fingerprint density at radius 3 is 2.50 bits per heavy atom. The van der Waals surface area contributed by atoms with Crippen molar-refractivity contribution in [1.29, 1.82) is 0 Å². The van der Waals surface area contributed by atoms with Crippen molar-refractivity contribution in [1.82, 2.24) is 9.97 Å². The van der Waals surface area contributed by atoms with Crippen LogP contribution in [0.2, 0.25) is 10.0 Å². The van der Waals surface area contributed by atoms with Crippen molar-refractivity contribution >= 4 is 50.2 Å². The summed E-state index contributed by atoms with van der Waals surface area (Å²) in [6.45, 7) is 0. The standard InChI is InChI=1S/C13H7BrCl2N2/c14-7-4-5-10-11(6-7)18-13(17-10)12-8(15)2-1-3-9(12)16/h1-6H,(H,17,18). The molecule has 18 heavy (non-hydrogen) atoms. The van der Waals surface area contributed by atoms with Crippen LogP contribution in [0, 0.1) is 0 Å². The van der Waals surface area contributed by atoms with Gasteiger partial charge in [-0.05, 0) is 30.3 Å². The number of aromatic amines is 1. The Morgan fingerprint density at radius 1 is 1.06 bits per heavy atom. The molecule has 0 spiro atoms. The van der Waals surface area contributed by atoms with Gasteiger partial charge in [0.2, 0.25) is 0 Å². The second kappa shape index (κ2) is 4.57. The molecule has 0 fully saturated rings. The van der Waals surface area contributed by atoms with Gasteiger partial charge in [0.05, 0.1) is 26.6 Å². The van der Waals surface area contributed by atoms with Gasteiger partial charge < -0.3 is 4.98 Å². The number of hydrogen-bond donors (Lipinski definition) is 1. The summed E-state index contributed by atoms with van der Waals surface area (Å²) >= 11 is 15.8. The van der Waals surface area contributed by atoms with Gasteiger partial charge in [0.15, 0.2) is 0 Å². The fourth-order valence-corrected chi connectivity index (χ4v) is 2.76. The Balaban J connectivity index is 2.26. The van der Waals surface area contributed by atoms with Crippen LogP contribution in [-0.2, 0) is 0 Å². The second-order valence-electron chi connectivity index (χ2n) is 3.84. The molecule has 0 unspecified atom stereocenters. The van der Waals surface area contributed by atoms with Gasteiger partial charge in [-0.15, -0.1) is 0 Å². The van der Waals surface area contributed by atoms with Gasteiger partial charge in [0.25, 0.3) is 0 Å². The molecule has 0 aliphatic rings. The van der Waals surface area contributed by atoms with Crippen molar-refractivity contribution in [3.63, 3.8) is 0 Å². The van der Waals surface area contributed by atoms with E-state index in [0.717, 1.165) is 21.1 Å². The highest BCUT2D eigenvalue weighted by atomic mass is 79.9. The van der Waals surface area contributed by atoms with E-state index >= 15 is 0 Å². The van der Waals surface area contributed by atoms with Gasteiger partial charge in [-0.3, -0.25) is 0 Å². The molecule has 0 saturated carbocycles. The van der Waals surface area contributed by atoms with E-state index in [4.69, 9.17) is 23.2 Å². The molecule has 2 nitrogen and oxygen atoms in total. The van der Waals surface area contributed by atoms with Crippen LogP contribution in [0.5, 0.6) is 0 Å². The van der Waals surface area contributed by atoms with Crippen LogP contribution in [0.3, 0.4) is 0 Å². The molecule has 3 aromatic rings. The smallest absolute Gasteiger partial charge is 0.141 e. The fraction of sp³-hybridized carbons (Fsp3) is 0. The number of imidazole rings is 1. The van der Waals surface area contributed by atoms with Crippen molar-refractivity contribution in [2.45, 2.75) is 0 Å². The summed E-state index contributed by atoms with van der Waals surface area (Å²) in [4.78, 5) is 7.72. The lowest BCUT2D eigenvalue weighted by molar-refractivity contribution is 1.34. The molecule has 5 heteroatoms. The van der Waals surface area contributed by atoms with Crippen LogP contribution in [0.4, 0.5) is 0 Å². The van der Waals surface area contributed by atoms with Gasteiger partial charge in [0, 0.05) is 4.47 Å². The van der Waals surface area contributed by atoms with Crippen LogP contribution in [0.15, 0.2) is 40.9 Å². The first kappa shape index (κ1) is 12.0. The number of nitrogens with one attached hydrogen (secondary N) is 1. The predicted molar refractivity (Wildman–Crippen MR) is 79.2 cm³/mol. The minimum Gasteiger partial charge on any atom is -0.338 e. The lowest BCUT2D eigenvalue weighted by Crippen LogP contribution is -1.83. The van der Waals surface area contributed by atoms with E-state index in [1.54, 1.807) is 12.1 Å². The highest BCUT2D eigenvalue weighted by Gasteiger charge is 2.12. The molecule has 1 N–H and O–H groups in total. The van der Waals surface area contributed by atoms with Crippen molar-refractivity contribution in [3.05, 3.63) is 50.9 Å². The average molecular weight is 342 g/mol. The highest BCUT2D eigenvalue weighted by Crippen LogP contribution is 2.34. The van der Waals surface area contributed by atoms with Crippen LogP contribution < -0.4 is 0 Å². The minimum absolute atomic E-state index is 0.584. The molecule has 1 aromatic heterocycles. The molecule has 0 radical (unpaired) electrons. The van der Waals surface area contributed by atoms with Crippen molar-refractivity contribution < 1.29 is 0 Å². The SMILES string of the molecule is Clc1cccc(Cl)c1-c1nc2ccc(Br)cc2[nH]1. The second-order valence-corrected chi connectivity index (χ2v) is 5.57. The molecule has 3 rings (SSSR count). The van der Waals surface area contributed by atoms with E-state index in [1.807, 2.05) is 24.3 Å². The quantitative estimate of drug-likeness (QED) is 0.639. The van der Waals surface area contributed by atoms with Gasteiger partial charge in [-0.25, -0.2) is 4.98 Å². The molecule has 0 aliphatic carbocycles. The van der Waals surface area contributed by atoms with Gasteiger partial charge >= 0.3 is 0 Å². The first-order valence-corrected chi connectivity index (χ1v) is 6.80. The van der Waals surface area contributed by atoms with E-state index in [2.05, 4.69) is 25.9 Å². The lowest BCUT2D eigenvalue weighted by Gasteiger charge is -2.02. The molecule has 0 bridgehead atoms. The van der Waals surface area contributed by atoms with E-state index in [-0.39, 0.29) is 0 Å². The lowest BCUT2D eigenvalue weighted by atomic mass is 10.2. The zero-order valence-corrected chi connectivity index (χ0v) is 12.1. The molecule has 0 atom stereocenters. The third-order valence-electron chi connectivity index (χ3n) is 2.64. The normalized spacial score (nSPS) is 11.1. The fourth-order valence-electron chi connectivity index (χ4n) is 1.82. The maximum absolute atomic E-state index is 6.17. The minimum atomic E-state index is 0.584. The van der Waals surface area contributed by atoms with Crippen LogP contribution >= 0.6 is 39.1 Å². The zero-order chi connectivity index (χ0) is 12.7. The molecule has 2 aromatic carbocycles. The molecular weight excluding hydrogens is 335 g/mol. The van der Waals surface area contributed by atoms with E-state index in [0.29, 0.717) is 15.9 Å². The summed E-state index contributed by atoms with van der Waals surface area (Å²) in [7, 11) is 0. The summed E-state index contributed by atoms with van der Waals surface area (Å²) < 4.78 is 0.996. The molecule has 0 aliphatic heterocycles. The van der Waals surface area contributed by atoms with Gasteiger partial charge in [-0.2, -0.15) is 0 Å². The van der Waals surface area contributed by atoms with E-state index in [1.165, 1.54) is 0 Å². The number of hydrogen-bond acceptors (Lipinski definition) is 1. The predicted octanol–water partition coefficient (Wildman–Crippen LogP) is 5.30. The maximum Gasteiger partial charge on any atom is 0.141 e. The number of H-pyrrole nitrogens is 1. The summed E-state index contributed by atoms with van der Waals surface area (Å²) in [5, 5.41) is 1.17. The van der Waals surface area contributed by atoms with Crippen molar-refractivity contribution in [3.8, 4) is 11.4 Å². The van der Waals surface area contributed by atoms with Crippen LogP contribution in [0.25, 0.3) is 22.4 Å². The Hall–Kier alpha value is -1.03. The number of benzene rings is 2. The highest BCUT2D eigenvalue weighted by molar-refractivity contribution is 9.10. The number of nitrogens with zero attached hydrogens (tertiary/aromatic N) is 1. The number of halogens is 3. The zero-order valence-electron chi connectivity index (χ0n) is 9.05. The Morgan fingerprint density at radius 2 is 1.78 bits per heavy atom. The number of rotatable bonds is 1. The summed E-state index contributed by atoms with van der Waals surface area (Å²) in [6, 6.07) is 11.3. The molecular formula is C13H7BrCl2N2. The number of fused-ring (bicyclic) bond motifs is 1. The maximum atomic E-state index is 6.17. The molecule has 0 amide bonds. The number of aromatic nitrogens is 2. The Kier molecular flexibility index (Phi) is 3.06. The van der Waals surface area contributed by atoms with E-state index < -0.39 is 0 Å². The first-order valence-electron chi connectivity index (χ1n) is 5.25. The topological polar surface area (TPSA) is 28.7 Å². The molecule has 0 saturated heterocycles. The summed E-state index contributed by atoms with van der Waals surface area (Å²) in [6.07, 6.45) is 0. The van der Waals surface area contributed by atoms with Gasteiger partial charge in [0.1, 0.15) is 5.82 Å². The average Bonchev–Trinajstić information content (AvgIpc) is 2.71. The van der Waals surface area contributed by atoms with E-state index in [9.17, 15) is 0 Å². The molecule has 90 valence electrons. The molecule has 1 heterocycles. The third-order valence-corrected chi connectivity index (χ3v) is 3.77. The summed E-state index contributed by atoms with van der Waals surface area (Å²) in [5.74, 6) is 0.679. The van der Waals surface area contributed by atoms with Gasteiger partial charge in [-0.1, -0.05) is 45.2 Å². The summed E-state index contributed by atoms with van der Waals surface area (Å²) in [5.41, 5.74) is 2.55. The van der Waals surface area contributed by atoms with Crippen LogP contribution in [-0.4, -0.2) is 9.97 Å². The van der Waals surface area contributed by atoms with Crippen molar-refractivity contribution in [2.24, 2.45) is 0 Å². The third kappa shape index (κ3) is 2.03. The first-order chi connectivity index (χ1) is 8.65. The monoisotopic (exact) mass is 340 g/mol. The van der Waals surface area contributed by atoms with Crippen LogP contribution in [0.1, 0.15) is 0 Å². The Labute approximate surface area is 122 Å². The largest absolute Gasteiger partial charge is 0.338 e. The Bertz CT molecular complexity index is 717.